The normalized spacial score (nSPS) is 22.7. The Morgan fingerprint density at radius 3 is 2.53 bits per heavy atom. The maximum atomic E-state index is 13.1. The SMILES string of the molecule is CN1C(=O)C2C(=NC(=[N+]3CCN(CCO)CC3)N2Cc2ccccc2Cl)N(C)C1=O. The summed E-state index contributed by atoms with van der Waals surface area (Å²) in [5, 5.41) is 9.82. The van der Waals surface area contributed by atoms with E-state index in [1.165, 1.54) is 11.9 Å². The number of aliphatic imine (C=N–C) groups is 1. The summed E-state index contributed by atoms with van der Waals surface area (Å²) in [7, 11) is 3.14. The first-order chi connectivity index (χ1) is 14.4. The van der Waals surface area contributed by atoms with Gasteiger partial charge in [-0.2, -0.15) is 0 Å². The molecule has 10 heteroatoms. The smallest absolute Gasteiger partial charge is 0.392 e. The third-order valence-corrected chi connectivity index (χ3v) is 6.25. The minimum atomic E-state index is -0.667. The van der Waals surface area contributed by atoms with E-state index in [1.807, 2.05) is 29.2 Å². The molecule has 9 nitrogen and oxygen atoms in total. The molecule has 4 rings (SSSR count). The van der Waals surface area contributed by atoms with Gasteiger partial charge in [-0.05, 0) is 6.07 Å². The zero-order valence-electron chi connectivity index (χ0n) is 17.2. The summed E-state index contributed by atoms with van der Waals surface area (Å²) in [6.45, 7) is 4.21. The maximum Gasteiger partial charge on any atom is 0.392 e. The van der Waals surface area contributed by atoms with Crippen molar-refractivity contribution in [1.29, 1.82) is 0 Å². The zero-order chi connectivity index (χ0) is 21.4. The van der Waals surface area contributed by atoms with Gasteiger partial charge in [-0.1, -0.05) is 34.8 Å². The minimum absolute atomic E-state index is 0.132. The zero-order valence-corrected chi connectivity index (χ0v) is 17.9. The number of likely N-dealkylation sites (N-methyl/N-ethyl adjacent to an activating group) is 2. The summed E-state index contributed by atoms with van der Waals surface area (Å²) in [4.78, 5) is 37.0. The standard InChI is InChI=1S/C20H26ClN6O3/c1-23-17-16(18(29)24(2)20(23)30)27(13-14-5-3-4-6-15(14)21)19(22-17)26-9-7-25(8-10-26)11-12-28/h3-6,16,28H,7-13H2,1-2H3/q+1. The van der Waals surface area contributed by atoms with Crippen molar-refractivity contribution in [2.24, 2.45) is 4.99 Å². The van der Waals surface area contributed by atoms with Crippen molar-refractivity contribution in [2.45, 2.75) is 12.6 Å². The second-order valence-electron chi connectivity index (χ2n) is 7.68. The molecule has 2 saturated heterocycles. The molecular weight excluding hydrogens is 408 g/mol. The van der Waals surface area contributed by atoms with Crippen molar-refractivity contribution in [1.82, 2.24) is 19.6 Å². The molecule has 0 saturated carbocycles. The molecule has 0 spiro atoms. The lowest BCUT2D eigenvalue weighted by molar-refractivity contribution is -0.545. The van der Waals surface area contributed by atoms with Crippen LogP contribution in [0.15, 0.2) is 29.3 Å². The second kappa shape index (κ2) is 8.33. The van der Waals surface area contributed by atoms with E-state index in [1.54, 1.807) is 7.05 Å². The quantitative estimate of drug-likeness (QED) is 0.682. The van der Waals surface area contributed by atoms with Crippen molar-refractivity contribution < 1.29 is 19.3 Å². The van der Waals surface area contributed by atoms with Crippen LogP contribution in [-0.4, -0.2) is 112 Å². The second-order valence-corrected chi connectivity index (χ2v) is 8.09. The van der Waals surface area contributed by atoms with E-state index in [0.717, 1.165) is 36.6 Å². The number of hydrogen-bond donors (Lipinski definition) is 1. The van der Waals surface area contributed by atoms with Crippen LogP contribution in [0.25, 0.3) is 0 Å². The Morgan fingerprint density at radius 2 is 1.87 bits per heavy atom. The van der Waals surface area contributed by atoms with Crippen LogP contribution < -0.4 is 0 Å². The number of guanidine groups is 1. The monoisotopic (exact) mass is 433 g/mol. The predicted molar refractivity (Wildman–Crippen MR) is 113 cm³/mol. The number of imide groups is 1. The van der Waals surface area contributed by atoms with Crippen LogP contribution in [-0.2, 0) is 11.3 Å². The van der Waals surface area contributed by atoms with Gasteiger partial charge >= 0.3 is 12.0 Å². The molecule has 0 radical (unpaired) electrons. The van der Waals surface area contributed by atoms with Crippen LogP contribution in [0.3, 0.4) is 0 Å². The van der Waals surface area contributed by atoms with Crippen molar-refractivity contribution in [3.05, 3.63) is 34.9 Å². The van der Waals surface area contributed by atoms with E-state index in [0.29, 0.717) is 29.9 Å². The first kappa shape index (κ1) is 20.8. The van der Waals surface area contributed by atoms with Gasteiger partial charge in [-0.15, -0.1) is 0 Å². The number of fused-ring (bicyclic) bond motifs is 1. The molecule has 1 atom stereocenters. The minimum Gasteiger partial charge on any atom is -0.395 e. The van der Waals surface area contributed by atoms with Gasteiger partial charge in [0.2, 0.25) is 11.9 Å². The summed E-state index contributed by atoms with van der Waals surface area (Å²) in [5.74, 6) is 0.836. The Kier molecular flexibility index (Phi) is 5.77. The van der Waals surface area contributed by atoms with Crippen LogP contribution in [0.5, 0.6) is 0 Å². The van der Waals surface area contributed by atoms with E-state index in [-0.39, 0.29) is 18.5 Å². The summed E-state index contributed by atoms with van der Waals surface area (Å²) in [5.41, 5.74) is 0.891. The van der Waals surface area contributed by atoms with Crippen molar-refractivity contribution in [3.63, 3.8) is 0 Å². The molecule has 160 valence electrons. The Morgan fingerprint density at radius 1 is 1.17 bits per heavy atom. The lowest BCUT2D eigenvalue weighted by atomic mass is 10.1. The summed E-state index contributed by atoms with van der Waals surface area (Å²) in [6.07, 6.45) is 0. The predicted octanol–water partition coefficient (Wildman–Crippen LogP) is 0.123. The highest BCUT2D eigenvalue weighted by molar-refractivity contribution is 6.31. The van der Waals surface area contributed by atoms with Gasteiger partial charge in [-0.25, -0.2) is 9.69 Å². The van der Waals surface area contributed by atoms with Crippen molar-refractivity contribution in [3.8, 4) is 0 Å². The third-order valence-electron chi connectivity index (χ3n) is 5.88. The first-order valence-corrected chi connectivity index (χ1v) is 10.4. The summed E-state index contributed by atoms with van der Waals surface area (Å²) in [6, 6.07) is 6.49. The number of benzene rings is 1. The number of aliphatic hydroxyl groups excluding tert-OH is 1. The van der Waals surface area contributed by atoms with Gasteiger partial charge in [0.25, 0.3) is 5.91 Å². The number of piperazine rings is 1. The Labute approximate surface area is 180 Å². The molecule has 1 unspecified atom stereocenters. The van der Waals surface area contributed by atoms with Crippen LogP contribution in [0.4, 0.5) is 4.79 Å². The fourth-order valence-corrected chi connectivity index (χ4v) is 4.32. The number of amidine groups is 1. The Hall–Kier alpha value is -2.49. The molecule has 3 amide bonds. The highest BCUT2D eigenvalue weighted by Gasteiger charge is 2.55. The molecule has 2 fully saturated rings. The lowest BCUT2D eigenvalue weighted by Gasteiger charge is -2.33. The topological polar surface area (TPSA) is 82.7 Å². The van der Waals surface area contributed by atoms with Gasteiger partial charge < -0.3 is 5.11 Å². The van der Waals surface area contributed by atoms with E-state index in [9.17, 15) is 14.7 Å². The van der Waals surface area contributed by atoms with E-state index < -0.39 is 6.04 Å². The molecule has 3 aliphatic heterocycles. The molecule has 30 heavy (non-hydrogen) atoms. The number of halogens is 1. The number of carbonyl (C=O) groups is 2. The van der Waals surface area contributed by atoms with E-state index in [4.69, 9.17) is 16.6 Å². The molecule has 1 aromatic carbocycles. The Bertz CT molecular complexity index is 923. The number of β-amino-alcohol motifs (C(OH)–C–C–N with tert-alkyl or cyclic N) is 1. The molecule has 1 aromatic rings. The molecule has 3 aliphatic rings. The van der Waals surface area contributed by atoms with Gasteiger partial charge in [0.1, 0.15) is 0 Å². The molecule has 3 heterocycles. The molecule has 1 N–H and O–H groups in total. The van der Waals surface area contributed by atoms with Crippen molar-refractivity contribution >= 4 is 35.3 Å². The number of carbonyl (C=O) groups excluding carboxylic acids is 2. The number of urea groups is 1. The molecule has 0 aromatic heterocycles. The fraction of sp³-hybridized carbons (Fsp3) is 0.500. The van der Waals surface area contributed by atoms with Crippen LogP contribution in [0.2, 0.25) is 5.02 Å². The van der Waals surface area contributed by atoms with Gasteiger partial charge in [-0.3, -0.25) is 24.1 Å². The van der Waals surface area contributed by atoms with Gasteiger partial charge in [0.05, 0.1) is 26.2 Å². The summed E-state index contributed by atoms with van der Waals surface area (Å²) < 4.78 is 2.14. The Balaban J connectivity index is 1.72. The fourth-order valence-electron chi connectivity index (χ4n) is 4.12. The third kappa shape index (κ3) is 3.57. The summed E-state index contributed by atoms with van der Waals surface area (Å²) >= 11 is 6.40. The largest absolute Gasteiger partial charge is 0.395 e. The van der Waals surface area contributed by atoms with Gasteiger partial charge in [0.15, 0.2) is 0 Å². The maximum absolute atomic E-state index is 13.1. The van der Waals surface area contributed by atoms with Crippen molar-refractivity contribution in [2.75, 3.05) is 53.4 Å². The average molecular weight is 434 g/mol. The highest BCUT2D eigenvalue weighted by atomic mass is 35.5. The molecule has 0 aliphatic carbocycles. The van der Waals surface area contributed by atoms with Crippen LogP contribution in [0.1, 0.15) is 5.56 Å². The first-order valence-electron chi connectivity index (χ1n) is 10.0. The molecular formula is C20H26ClN6O3+. The number of aliphatic hydroxyl groups is 1. The lowest BCUT2D eigenvalue weighted by Crippen LogP contribution is -2.62. The molecule has 0 bridgehead atoms. The van der Waals surface area contributed by atoms with E-state index in [2.05, 4.69) is 9.48 Å². The number of rotatable bonds is 4. The average Bonchev–Trinajstić information content (AvgIpc) is 3.12. The number of hydrogen-bond acceptors (Lipinski definition) is 4. The van der Waals surface area contributed by atoms with Gasteiger partial charge in [0, 0.05) is 44.3 Å². The number of nitrogens with zero attached hydrogens (tertiary/aromatic N) is 6. The van der Waals surface area contributed by atoms with Crippen LogP contribution >= 0.6 is 11.6 Å². The highest BCUT2D eigenvalue weighted by Crippen LogP contribution is 2.27. The number of amides is 3. The van der Waals surface area contributed by atoms with Crippen LogP contribution in [0, 0.1) is 0 Å². The van der Waals surface area contributed by atoms with E-state index >= 15 is 0 Å².